The van der Waals surface area contributed by atoms with Crippen molar-refractivity contribution in [3.8, 4) is 0 Å². The zero-order chi connectivity index (χ0) is 14.2. The zero-order valence-corrected chi connectivity index (χ0v) is 12.0. The van der Waals surface area contributed by atoms with Gasteiger partial charge in [0.25, 0.3) is 0 Å². The van der Waals surface area contributed by atoms with Crippen LogP contribution in [0.1, 0.15) is 5.56 Å². The molecule has 2 aliphatic heterocycles. The minimum Gasteiger partial charge on any atom is -0.259 e. The lowest BCUT2D eigenvalue weighted by atomic mass is 10.1. The van der Waals surface area contributed by atoms with Crippen molar-refractivity contribution >= 4 is 33.4 Å². The van der Waals surface area contributed by atoms with Crippen LogP contribution in [0.3, 0.4) is 0 Å². The van der Waals surface area contributed by atoms with Gasteiger partial charge >= 0.3 is 0 Å². The van der Waals surface area contributed by atoms with Crippen LogP contribution in [0.4, 0.5) is 0 Å². The molecule has 0 aliphatic carbocycles. The SMILES string of the molecule is O=S(=O)(Cc1ccccc1)C1C=NC(Cl)=C2C=CN=C21. The Hall–Kier alpha value is -1.72. The van der Waals surface area contributed by atoms with Crippen molar-refractivity contribution in [2.75, 3.05) is 0 Å². The highest BCUT2D eigenvalue weighted by Crippen LogP contribution is 2.27. The molecule has 102 valence electrons. The molecule has 20 heavy (non-hydrogen) atoms. The van der Waals surface area contributed by atoms with Gasteiger partial charge in [0.05, 0.1) is 11.5 Å². The van der Waals surface area contributed by atoms with E-state index in [4.69, 9.17) is 11.6 Å². The maximum absolute atomic E-state index is 12.5. The number of sulfone groups is 1. The number of allylic oxidation sites excluding steroid dienone is 2. The monoisotopic (exact) mass is 306 g/mol. The van der Waals surface area contributed by atoms with Crippen LogP contribution >= 0.6 is 11.6 Å². The second-order valence-corrected chi connectivity index (χ2v) is 7.01. The largest absolute Gasteiger partial charge is 0.259 e. The minimum absolute atomic E-state index is 0.0472. The Labute approximate surface area is 122 Å². The molecule has 1 atom stereocenters. The molecule has 0 fully saturated rings. The summed E-state index contributed by atoms with van der Waals surface area (Å²) >= 11 is 5.95. The number of rotatable bonds is 3. The van der Waals surface area contributed by atoms with Gasteiger partial charge in [-0.3, -0.25) is 4.99 Å². The van der Waals surface area contributed by atoms with Crippen molar-refractivity contribution in [2.45, 2.75) is 11.0 Å². The number of nitrogens with zero attached hydrogens (tertiary/aromatic N) is 2. The molecule has 0 amide bonds. The number of hydrogen-bond donors (Lipinski definition) is 0. The Morgan fingerprint density at radius 1 is 1.20 bits per heavy atom. The van der Waals surface area contributed by atoms with Crippen LogP contribution in [0, 0.1) is 0 Å². The number of fused-ring (bicyclic) bond motifs is 1. The summed E-state index contributed by atoms with van der Waals surface area (Å²) in [5.41, 5.74) is 1.80. The van der Waals surface area contributed by atoms with E-state index in [1.807, 2.05) is 18.2 Å². The van der Waals surface area contributed by atoms with Crippen molar-refractivity contribution in [1.82, 2.24) is 0 Å². The third kappa shape index (κ3) is 2.34. The van der Waals surface area contributed by atoms with E-state index in [0.29, 0.717) is 11.3 Å². The lowest BCUT2D eigenvalue weighted by Crippen LogP contribution is -2.35. The van der Waals surface area contributed by atoms with Gasteiger partial charge in [-0.25, -0.2) is 13.4 Å². The summed E-state index contributed by atoms with van der Waals surface area (Å²) < 4.78 is 25.1. The fourth-order valence-electron chi connectivity index (χ4n) is 2.18. The van der Waals surface area contributed by atoms with E-state index < -0.39 is 15.1 Å². The van der Waals surface area contributed by atoms with Gasteiger partial charge in [-0.2, -0.15) is 0 Å². The Morgan fingerprint density at radius 2 is 1.95 bits per heavy atom. The van der Waals surface area contributed by atoms with Crippen molar-refractivity contribution in [3.05, 3.63) is 58.9 Å². The maximum Gasteiger partial charge on any atom is 0.168 e. The number of benzene rings is 1. The first-order chi connectivity index (χ1) is 9.58. The predicted octanol–water partition coefficient (Wildman–Crippen LogP) is 2.47. The van der Waals surface area contributed by atoms with Gasteiger partial charge < -0.3 is 0 Å². The van der Waals surface area contributed by atoms with Crippen LogP contribution in [-0.2, 0) is 15.6 Å². The van der Waals surface area contributed by atoms with E-state index in [2.05, 4.69) is 9.98 Å². The average molecular weight is 307 g/mol. The third-order valence-electron chi connectivity index (χ3n) is 3.14. The molecule has 0 N–H and O–H groups in total. The molecule has 0 saturated heterocycles. The summed E-state index contributed by atoms with van der Waals surface area (Å²) in [4.78, 5) is 8.09. The molecule has 0 radical (unpaired) electrons. The molecule has 2 aliphatic rings. The molecular formula is C14H11ClN2O2S. The van der Waals surface area contributed by atoms with Gasteiger partial charge in [-0.1, -0.05) is 41.9 Å². The van der Waals surface area contributed by atoms with Crippen LogP contribution < -0.4 is 0 Å². The van der Waals surface area contributed by atoms with Crippen LogP contribution in [0.5, 0.6) is 0 Å². The van der Waals surface area contributed by atoms with E-state index in [9.17, 15) is 8.42 Å². The molecule has 2 heterocycles. The predicted molar refractivity (Wildman–Crippen MR) is 80.8 cm³/mol. The first-order valence-corrected chi connectivity index (χ1v) is 8.11. The van der Waals surface area contributed by atoms with Gasteiger partial charge in [-0.15, -0.1) is 0 Å². The van der Waals surface area contributed by atoms with E-state index >= 15 is 0 Å². The lowest BCUT2D eigenvalue weighted by Gasteiger charge is -2.18. The maximum atomic E-state index is 12.5. The molecule has 0 aromatic heterocycles. The quantitative estimate of drug-likeness (QED) is 0.805. The van der Waals surface area contributed by atoms with Crippen molar-refractivity contribution in [3.63, 3.8) is 0 Å². The Bertz CT molecular complexity index is 762. The van der Waals surface area contributed by atoms with Crippen LogP contribution in [0.15, 0.2) is 63.3 Å². The smallest absolute Gasteiger partial charge is 0.168 e. The van der Waals surface area contributed by atoms with E-state index in [1.54, 1.807) is 24.4 Å². The highest BCUT2D eigenvalue weighted by molar-refractivity contribution is 7.92. The van der Waals surface area contributed by atoms with Gasteiger partial charge in [0.2, 0.25) is 0 Å². The van der Waals surface area contributed by atoms with Crippen molar-refractivity contribution in [2.24, 2.45) is 9.98 Å². The molecule has 0 spiro atoms. The summed E-state index contributed by atoms with van der Waals surface area (Å²) in [5.74, 6) is -0.0472. The van der Waals surface area contributed by atoms with Gasteiger partial charge in [0, 0.05) is 18.0 Å². The second-order valence-electron chi connectivity index (χ2n) is 4.53. The van der Waals surface area contributed by atoms with Crippen molar-refractivity contribution in [1.29, 1.82) is 0 Å². The molecule has 1 aromatic rings. The molecule has 1 aromatic carbocycles. The Balaban J connectivity index is 1.92. The van der Waals surface area contributed by atoms with Crippen molar-refractivity contribution < 1.29 is 8.42 Å². The molecule has 3 rings (SSSR count). The normalized spacial score (nSPS) is 21.1. The fraction of sp³-hybridized carbons (Fsp3) is 0.143. The van der Waals surface area contributed by atoms with E-state index in [0.717, 1.165) is 5.56 Å². The highest BCUT2D eigenvalue weighted by atomic mass is 35.5. The third-order valence-corrected chi connectivity index (χ3v) is 5.30. The van der Waals surface area contributed by atoms with Crippen LogP contribution in [-0.4, -0.2) is 25.6 Å². The molecule has 0 saturated carbocycles. The fourth-order valence-corrected chi connectivity index (χ4v) is 4.01. The highest BCUT2D eigenvalue weighted by Gasteiger charge is 2.35. The summed E-state index contributed by atoms with van der Waals surface area (Å²) in [6.07, 6.45) is 4.59. The topological polar surface area (TPSA) is 58.9 Å². The van der Waals surface area contributed by atoms with Gasteiger partial charge in [0.15, 0.2) is 9.84 Å². The first kappa shape index (κ1) is 13.3. The molecule has 0 bridgehead atoms. The zero-order valence-electron chi connectivity index (χ0n) is 10.4. The lowest BCUT2D eigenvalue weighted by molar-refractivity contribution is 0.596. The van der Waals surface area contributed by atoms with Crippen LogP contribution in [0.2, 0.25) is 0 Å². The van der Waals surface area contributed by atoms with Crippen LogP contribution in [0.25, 0.3) is 0 Å². The molecule has 6 heteroatoms. The summed E-state index contributed by atoms with van der Waals surface area (Å²) in [6.45, 7) is 0. The van der Waals surface area contributed by atoms with Gasteiger partial charge in [0.1, 0.15) is 10.4 Å². The number of hydrogen-bond acceptors (Lipinski definition) is 4. The standard InChI is InChI=1S/C14H11ClN2O2S/c15-14-11-6-7-16-13(11)12(8-17-14)20(18,19)9-10-4-2-1-3-5-10/h1-8,12H,9H2. The molecular weight excluding hydrogens is 296 g/mol. The first-order valence-electron chi connectivity index (χ1n) is 6.02. The van der Waals surface area contributed by atoms with E-state index in [-0.39, 0.29) is 10.9 Å². The summed E-state index contributed by atoms with van der Waals surface area (Å²) in [6, 6.07) is 9.06. The summed E-state index contributed by atoms with van der Waals surface area (Å²) in [5, 5.41) is -0.557. The Morgan fingerprint density at radius 3 is 2.70 bits per heavy atom. The molecule has 1 unspecified atom stereocenters. The minimum atomic E-state index is -3.43. The number of aliphatic imine (C=N–C) groups is 2. The summed E-state index contributed by atoms with van der Waals surface area (Å²) in [7, 11) is -3.43. The number of halogens is 1. The average Bonchev–Trinajstić information content (AvgIpc) is 2.89. The second kappa shape index (κ2) is 5.00. The van der Waals surface area contributed by atoms with E-state index in [1.165, 1.54) is 6.21 Å². The van der Waals surface area contributed by atoms with Gasteiger partial charge in [-0.05, 0) is 11.6 Å². The Kier molecular flexibility index (Phi) is 3.31. The molecule has 4 nitrogen and oxygen atoms in total.